The molecule has 3 nitrogen and oxygen atoms in total. The Kier molecular flexibility index (Phi) is 3.57. The molecule has 0 aliphatic heterocycles. The van der Waals surface area contributed by atoms with Crippen LogP contribution in [0.3, 0.4) is 0 Å². The lowest BCUT2D eigenvalue weighted by Gasteiger charge is -2.03. The normalized spacial score (nSPS) is 15.0. The van der Waals surface area contributed by atoms with E-state index in [4.69, 9.17) is 5.11 Å². The Morgan fingerprint density at radius 1 is 1.31 bits per heavy atom. The number of aromatic hydroxyl groups is 1. The highest BCUT2D eigenvalue weighted by Gasteiger charge is 2.19. The number of Topliss-reactive ketones (excluding diaryl/α,β-unsaturated/α-hetero) is 1. The molecule has 0 heterocycles. The summed E-state index contributed by atoms with van der Waals surface area (Å²) in [6, 6.07) is 7.49. The molecule has 0 bridgehead atoms. The summed E-state index contributed by atoms with van der Waals surface area (Å²) >= 11 is 0. The standard InChI is InChI=1S/C13H17NO2/c15-12-5-1-10(2-6-12)9-13(16)7-8-14-11-3-4-11/h1-2,5-6,11,14-15H,3-4,7-9H2. The Balaban J connectivity index is 1.70. The van der Waals surface area contributed by atoms with E-state index < -0.39 is 0 Å². The third-order valence-corrected chi connectivity index (χ3v) is 2.75. The van der Waals surface area contributed by atoms with Crippen LogP contribution in [0.5, 0.6) is 5.75 Å². The molecule has 1 saturated carbocycles. The van der Waals surface area contributed by atoms with Crippen LogP contribution in [0.1, 0.15) is 24.8 Å². The van der Waals surface area contributed by atoms with Gasteiger partial charge in [0.15, 0.2) is 0 Å². The van der Waals surface area contributed by atoms with Crippen LogP contribution in [-0.4, -0.2) is 23.5 Å². The highest BCUT2D eigenvalue weighted by molar-refractivity contribution is 5.81. The van der Waals surface area contributed by atoms with Crippen molar-refractivity contribution in [2.45, 2.75) is 31.7 Å². The van der Waals surface area contributed by atoms with Crippen LogP contribution >= 0.6 is 0 Å². The zero-order valence-corrected chi connectivity index (χ0v) is 9.28. The molecule has 0 saturated heterocycles. The first-order chi connectivity index (χ1) is 7.74. The van der Waals surface area contributed by atoms with Crippen molar-refractivity contribution in [3.8, 4) is 5.75 Å². The molecule has 0 aromatic heterocycles. The summed E-state index contributed by atoms with van der Waals surface area (Å²) in [4.78, 5) is 11.6. The number of ketones is 1. The Morgan fingerprint density at radius 2 is 2.00 bits per heavy atom. The van der Waals surface area contributed by atoms with Crippen molar-refractivity contribution in [2.24, 2.45) is 0 Å². The lowest BCUT2D eigenvalue weighted by molar-refractivity contribution is -0.118. The lowest BCUT2D eigenvalue weighted by Crippen LogP contribution is -2.20. The Hall–Kier alpha value is -1.35. The van der Waals surface area contributed by atoms with E-state index in [1.54, 1.807) is 24.3 Å². The summed E-state index contributed by atoms with van der Waals surface area (Å²) in [6.45, 7) is 0.793. The maximum absolute atomic E-state index is 11.6. The van der Waals surface area contributed by atoms with Crippen LogP contribution in [0.2, 0.25) is 0 Å². The summed E-state index contributed by atoms with van der Waals surface area (Å²) in [5.74, 6) is 0.491. The number of carbonyl (C=O) groups is 1. The van der Waals surface area contributed by atoms with Gasteiger partial charge in [0.05, 0.1) is 0 Å². The van der Waals surface area contributed by atoms with E-state index in [2.05, 4.69) is 5.32 Å². The zero-order chi connectivity index (χ0) is 11.4. The van der Waals surface area contributed by atoms with E-state index in [0.717, 1.165) is 12.1 Å². The predicted octanol–water partition coefficient (Wildman–Crippen LogP) is 1.65. The average molecular weight is 219 g/mol. The number of benzene rings is 1. The van der Waals surface area contributed by atoms with Crippen LogP contribution in [-0.2, 0) is 11.2 Å². The molecule has 0 radical (unpaired) electrons. The van der Waals surface area contributed by atoms with Crippen molar-refractivity contribution >= 4 is 5.78 Å². The molecular weight excluding hydrogens is 202 g/mol. The van der Waals surface area contributed by atoms with Crippen molar-refractivity contribution < 1.29 is 9.90 Å². The highest BCUT2D eigenvalue weighted by atomic mass is 16.3. The molecule has 2 N–H and O–H groups in total. The summed E-state index contributed by atoms with van der Waals surface area (Å²) in [5.41, 5.74) is 0.967. The van der Waals surface area contributed by atoms with Crippen LogP contribution in [0.25, 0.3) is 0 Å². The SMILES string of the molecule is O=C(CCNC1CC1)Cc1ccc(O)cc1. The van der Waals surface area contributed by atoms with Gasteiger partial charge in [-0.1, -0.05) is 12.1 Å². The first-order valence-corrected chi connectivity index (χ1v) is 5.77. The second-order valence-electron chi connectivity index (χ2n) is 4.36. The van der Waals surface area contributed by atoms with Gasteiger partial charge in [0.1, 0.15) is 11.5 Å². The molecule has 1 fully saturated rings. The fourth-order valence-corrected chi connectivity index (χ4v) is 1.63. The Bertz CT molecular complexity index is 355. The summed E-state index contributed by atoms with van der Waals surface area (Å²) in [7, 11) is 0. The molecule has 1 aliphatic carbocycles. The van der Waals surface area contributed by atoms with Gasteiger partial charge in [0.25, 0.3) is 0 Å². The van der Waals surface area contributed by atoms with E-state index in [1.165, 1.54) is 12.8 Å². The second-order valence-corrected chi connectivity index (χ2v) is 4.36. The number of hydrogen-bond acceptors (Lipinski definition) is 3. The molecule has 1 aromatic carbocycles. The van der Waals surface area contributed by atoms with Crippen LogP contribution < -0.4 is 5.32 Å². The number of hydrogen-bond donors (Lipinski definition) is 2. The van der Waals surface area contributed by atoms with Crippen molar-refractivity contribution in [1.29, 1.82) is 0 Å². The minimum atomic E-state index is 0.242. The molecular formula is C13H17NO2. The van der Waals surface area contributed by atoms with Gasteiger partial charge < -0.3 is 10.4 Å². The molecule has 3 heteroatoms. The molecule has 0 amide bonds. The third kappa shape index (κ3) is 3.66. The fourth-order valence-electron chi connectivity index (χ4n) is 1.63. The third-order valence-electron chi connectivity index (χ3n) is 2.75. The smallest absolute Gasteiger partial charge is 0.138 e. The topological polar surface area (TPSA) is 49.3 Å². The minimum absolute atomic E-state index is 0.242. The molecule has 0 atom stereocenters. The largest absolute Gasteiger partial charge is 0.508 e. The monoisotopic (exact) mass is 219 g/mol. The van der Waals surface area contributed by atoms with E-state index in [-0.39, 0.29) is 11.5 Å². The van der Waals surface area contributed by atoms with Crippen molar-refractivity contribution in [3.63, 3.8) is 0 Å². The lowest BCUT2D eigenvalue weighted by atomic mass is 10.1. The van der Waals surface area contributed by atoms with Crippen LogP contribution in [0.4, 0.5) is 0 Å². The number of phenolic OH excluding ortho intramolecular Hbond substituents is 1. The maximum atomic E-state index is 11.6. The fraction of sp³-hybridized carbons (Fsp3) is 0.462. The zero-order valence-electron chi connectivity index (χ0n) is 9.28. The summed E-state index contributed by atoms with van der Waals surface area (Å²) in [6.07, 6.45) is 3.57. The van der Waals surface area contributed by atoms with E-state index >= 15 is 0 Å². The van der Waals surface area contributed by atoms with Crippen molar-refractivity contribution in [2.75, 3.05) is 6.54 Å². The van der Waals surface area contributed by atoms with Gasteiger partial charge in [0.2, 0.25) is 0 Å². The Labute approximate surface area is 95.5 Å². The van der Waals surface area contributed by atoms with Crippen LogP contribution in [0.15, 0.2) is 24.3 Å². The maximum Gasteiger partial charge on any atom is 0.138 e. The average Bonchev–Trinajstić information content (AvgIpc) is 3.05. The molecule has 16 heavy (non-hydrogen) atoms. The van der Waals surface area contributed by atoms with E-state index in [0.29, 0.717) is 18.9 Å². The second kappa shape index (κ2) is 5.12. The van der Waals surface area contributed by atoms with Gasteiger partial charge in [-0.25, -0.2) is 0 Å². The van der Waals surface area contributed by atoms with E-state index in [1.807, 2.05) is 0 Å². The van der Waals surface area contributed by atoms with Gasteiger partial charge in [-0.05, 0) is 30.5 Å². The van der Waals surface area contributed by atoms with Gasteiger partial charge in [0, 0.05) is 25.4 Å². The number of carbonyl (C=O) groups excluding carboxylic acids is 1. The van der Waals surface area contributed by atoms with Crippen molar-refractivity contribution in [1.82, 2.24) is 5.32 Å². The molecule has 1 aliphatic rings. The minimum Gasteiger partial charge on any atom is -0.508 e. The predicted molar refractivity (Wildman–Crippen MR) is 62.5 cm³/mol. The summed E-state index contributed by atoms with van der Waals surface area (Å²) < 4.78 is 0. The summed E-state index contributed by atoms with van der Waals surface area (Å²) in [5, 5.41) is 12.4. The Morgan fingerprint density at radius 3 is 2.62 bits per heavy atom. The number of rotatable bonds is 6. The van der Waals surface area contributed by atoms with Crippen molar-refractivity contribution in [3.05, 3.63) is 29.8 Å². The van der Waals surface area contributed by atoms with E-state index in [9.17, 15) is 4.79 Å². The molecule has 0 unspecified atom stereocenters. The number of phenols is 1. The van der Waals surface area contributed by atoms with Gasteiger partial charge in [-0.2, -0.15) is 0 Å². The molecule has 1 aromatic rings. The molecule has 2 rings (SSSR count). The quantitative estimate of drug-likeness (QED) is 0.764. The highest BCUT2D eigenvalue weighted by Crippen LogP contribution is 2.18. The van der Waals surface area contributed by atoms with Gasteiger partial charge in [-0.3, -0.25) is 4.79 Å². The first-order valence-electron chi connectivity index (χ1n) is 5.77. The van der Waals surface area contributed by atoms with Crippen LogP contribution in [0, 0.1) is 0 Å². The number of nitrogens with one attached hydrogen (secondary N) is 1. The first kappa shape index (κ1) is 11.1. The molecule has 0 spiro atoms. The molecule has 86 valence electrons. The van der Waals surface area contributed by atoms with Gasteiger partial charge >= 0.3 is 0 Å². The van der Waals surface area contributed by atoms with Gasteiger partial charge in [-0.15, -0.1) is 0 Å².